The molecule has 3 aromatic heterocycles. The van der Waals surface area contributed by atoms with Gasteiger partial charge in [-0.05, 0) is 152 Å². The lowest BCUT2D eigenvalue weighted by Crippen LogP contribution is -1.95. The standard InChI is InChI=1S/C66H41N3/c1-3-15-46(16-4-1)67-61-25-13-11-23-54(61)57-37-42(27-33-63(57)67)44-29-35-65-59(39-44)60-40-45(43-28-34-64-58(38-43)55-24-12-14-26-62(55)68(64)47-17-5-2-6-18-47)30-36-66(60)69(65)48-31-32-53-51-21-8-7-19-49(51)50-20-9-10-22-52(50)56(53)41-48/h1-41H. The van der Waals surface area contributed by atoms with Crippen molar-refractivity contribution in [3.8, 4) is 39.3 Å². The fraction of sp³-hybridized carbons (Fsp3) is 0. The molecular formula is C66H41N3. The second-order valence-electron chi connectivity index (χ2n) is 18.5. The largest absolute Gasteiger partial charge is 0.309 e. The highest BCUT2D eigenvalue weighted by Gasteiger charge is 2.19. The monoisotopic (exact) mass is 875 g/mol. The lowest BCUT2D eigenvalue weighted by atomic mass is 9.94. The SMILES string of the molecule is c1ccc(-n2c3ccccc3c3cc(-c4ccc5c(c4)c4cc(-c6ccc7c(c6)c6ccccc6n7-c6ccccc6)ccc4n5-c4ccc5c6ccccc6c6ccccc6c5c4)ccc32)cc1. The summed E-state index contributed by atoms with van der Waals surface area (Å²) in [5.41, 5.74) is 15.4. The summed E-state index contributed by atoms with van der Waals surface area (Å²) in [6.45, 7) is 0. The predicted molar refractivity (Wildman–Crippen MR) is 293 cm³/mol. The van der Waals surface area contributed by atoms with E-state index in [0.717, 1.165) is 17.1 Å². The van der Waals surface area contributed by atoms with E-state index in [-0.39, 0.29) is 0 Å². The summed E-state index contributed by atoms with van der Waals surface area (Å²) < 4.78 is 7.26. The number of hydrogen-bond donors (Lipinski definition) is 0. The molecule has 0 fully saturated rings. The minimum absolute atomic E-state index is 1.15. The third kappa shape index (κ3) is 5.62. The molecule has 0 spiro atoms. The Morgan fingerprint density at radius 3 is 0.855 bits per heavy atom. The number of para-hydroxylation sites is 4. The molecule has 0 saturated heterocycles. The zero-order valence-electron chi connectivity index (χ0n) is 37.5. The van der Waals surface area contributed by atoms with Crippen molar-refractivity contribution in [1.29, 1.82) is 0 Å². The van der Waals surface area contributed by atoms with Crippen LogP contribution in [0.5, 0.6) is 0 Å². The first-order valence-corrected chi connectivity index (χ1v) is 23.8. The number of aromatic nitrogens is 3. The van der Waals surface area contributed by atoms with Gasteiger partial charge in [0.1, 0.15) is 0 Å². The summed E-state index contributed by atoms with van der Waals surface area (Å²) in [5.74, 6) is 0. The maximum atomic E-state index is 2.48. The van der Waals surface area contributed by atoms with Crippen molar-refractivity contribution in [1.82, 2.24) is 13.7 Å². The van der Waals surface area contributed by atoms with Gasteiger partial charge >= 0.3 is 0 Å². The van der Waals surface area contributed by atoms with E-state index in [9.17, 15) is 0 Å². The average molecular weight is 876 g/mol. The second-order valence-corrected chi connectivity index (χ2v) is 18.5. The van der Waals surface area contributed by atoms with Crippen molar-refractivity contribution >= 4 is 97.7 Å². The van der Waals surface area contributed by atoms with E-state index in [2.05, 4.69) is 262 Å². The van der Waals surface area contributed by atoms with Crippen molar-refractivity contribution in [2.45, 2.75) is 0 Å². The first kappa shape index (κ1) is 38.0. The minimum Gasteiger partial charge on any atom is -0.309 e. The molecule has 15 rings (SSSR count). The topological polar surface area (TPSA) is 14.8 Å². The molecule has 0 N–H and O–H groups in total. The summed E-state index contributed by atoms with van der Waals surface area (Å²) >= 11 is 0. The highest BCUT2D eigenvalue weighted by Crippen LogP contribution is 2.43. The Morgan fingerprint density at radius 1 is 0.159 bits per heavy atom. The number of fused-ring (bicyclic) bond motifs is 15. The van der Waals surface area contributed by atoms with Crippen LogP contribution in [0.15, 0.2) is 249 Å². The van der Waals surface area contributed by atoms with Gasteiger partial charge in [-0.1, -0.05) is 152 Å². The van der Waals surface area contributed by atoms with E-state index < -0.39 is 0 Å². The molecule has 0 saturated carbocycles. The number of benzene rings is 12. The molecule has 0 unspecified atom stereocenters. The van der Waals surface area contributed by atoms with Gasteiger partial charge in [0, 0.05) is 49.4 Å². The normalized spacial score (nSPS) is 12.1. The van der Waals surface area contributed by atoms with Crippen molar-refractivity contribution < 1.29 is 0 Å². The third-order valence-corrected chi connectivity index (χ3v) is 14.8. The summed E-state index contributed by atoms with van der Waals surface area (Å²) in [5, 5.41) is 15.1. The second kappa shape index (κ2) is 14.7. The Morgan fingerprint density at radius 2 is 0.449 bits per heavy atom. The minimum atomic E-state index is 1.15. The Hall–Kier alpha value is -9.18. The van der Waals surface area contributed by atoms with Gasteiger partial charge in [0.2, 0.25) is 0 Å². The number of nitrogens with zero attached hydrogens (tertiary/aromatic N) is 3. The number of hydrogen-bond acceptors (Lipinski definition) is 0. The van der Waals surface area contributed by atoms with Crippen LogP contribution in [0.4, 0.5) is 0 Å². The maximum absolute atomic E-state index is 2.48. The smallest absolute Gasteiger partial charge is 0.0541 e. The van der Waals surface area contributed by atoms with Gasteiger partial charge < -0.3 is 13.7 Å². The van der Waals surface area contributed by atoms with Crippen LogP contribution in [0.25, 0.3) is 137 Å². The third-order valence-electron chi connectivity index (χ3n) is 14.8. The Bertz CT molecular complexity index is 4340. The van der Waals surface area contributed by atoms with Crippen molar-refractivity contribution in [3.63, 3.8) is 0 Å². The molecule has 0 atom stereocenters. The fourth-order valence-electron chi connectivity index (χ4n) is 11.7. The summed E-state index contributed by atoms with van der Waals surface area (Å²) in [6.07, 6.45) is 0. The zero-order chi connectivity index (χ0) is 45.2. The van der Waals surface area contributed by atoms with Crippen LogP contribution in [-0.2, 0) is 0 Å². The molecule has 0 aliphatic carbocycles. The van der Waals surface area contributed by atoms with E-state index >= 15 is 0 Å². The van der Waals surface area contributed by atoms with E-state index in [1.165, 1.54) is 120 Å². The first-order valence-electron chi connectivity index (χ1n) is 23.8. The van der Waals surface area contributed by atoms with E-state index in [1.54, 1.807) is 0 Å². The van der Waals surface area contributed by atoms with Gasteiger partial charge in [-0.15, -0.1) is 0 Å². The summed E-state index contributed by atoms with van der Waals surface area (Å²) in [4.78, 5) is 0. The molecule has 0 radical (unpaired) electrons. The Kier molecular flexibility index (Phi) is 8.07. The van der Waals surface area contributed by atoms with Crippen LogP contribution >= 0.6 is 0 Å². The van der Waals surface area contributed by atoms with Crippen molar-refractivity contribution in [2.24, 2.45) is 0 Å². The molecule has 0 amide bonds. The molecule has 69 heavy (non-hydrogen) atoms. The van der Waals surface area contributed by atoms with Crippen molar-refractivity contribution in [3.05, 3.63) is 249 Å². The van der Waals surface area contributed by atoms with Gasteiger partial charge in [-0.2, -0.15) is 0 Å². The molecule has 0 aliphatic rings. The van der Waals surface area contributed by atoms with Crippen LogP contribution in [0.2, 0.25) is 0 Å². The molecule has 0 aliphatic heterocycles. The van der Waals surface area contributed by atoms with E-state index in [0.29, 0.717) is 0 Å². The van der Waals surface area contributed by atoms with Gasteiger partial charge in [-0.25, -0.2) is 0 Å². The van der Waals surface area contributed by atoms with Crippen LogP contribution < -0.4 is 0 Å². The maximum Gasteiger partial charge on any atom is 0.0541 e. The molecule has 3 heterocycles. The van der Waals surface area contributed by atoms with Crippen molar-refractivity contribution in [2.75, 3.05) is 0 Å². The summed E-state index contributed by atoms with van der Waals surface area (Å²) in [6, 6.07) is 91.9. The first-order chi connectivity index (χ1) is 34.2. The van der Waals surface area contributed by atoms with Gasteiger partial charge in [-0.3, -0.25) is 0 Å². The van der Waals surface area contributed by atoms with Crippen LogP contribution in [0.3, 0.4) is 0 Å². The average Bonchev–Trinajstić information content (AvgIpc) is 4.06. The van der Waals surface area contributed by atoms with E-state index in [4.69, 9.17) is 0 Å². The van der Waals surface area contributed by atoms with Crippen LogP contribution in [0, 0.1) is 0 Å². The van der Waals surface area contributed by atoms with E-state index in [1.807, 2.05) is 0 Å². The Labute approximate surface area is 397 Å². The molecular weight excluding hydrogens is 835 g/mol. The van der Waals surface area contributed by atoms with Crippen LogP contribution in [-0.4, -0.2) is 13.7 Å². The number of rotatable bonds is 5. The van der Waals surface area contributed by atoms with Gasteiger partial charge in [0.15, 0.2) is 0 Å². The lowest BCUT2D eigenvalue weighted by molar-refractivity contribution is 1.18. The molecule has 320 valence electrons. The van der Waals surface area contributed by atoms with Gasteiger partial charge in [0.25, 0.3) is 0 Å². The fourth-order valence-corrected chi connectivity index (χ4v) is 11.7. The molecule has 15 aromatic rings. The van der Waals surface area contributed by atoms with Crippen LogP contribution in [0.1, 0.15) is 0 Å². The molecule has 12 aromatic carbocycles. The summed E-state index contributed by atoms with van der Waals surface area (Å²) in [7, 11) is 0. The predicted octanol–water partition coefficient (Wildman–Crippen LogP) is 17.8. The highest BCUT2D eigenvalue weighted by atomic mass is 15.0. The molecule has 0 bridgehead atoms. The zero-order valence-corrected chi connectivity index (χ0v) is 37.5. The molecule has 3 nitrogen and oxygen atoms in total. The van der Waals surface area contributed by atoms with Gasteiger partial charge in [0.05, 0.1) is 33.1 Å². The lowest BCUT2D eigenvalue weighted by Gasteiger charge is -2.14. The quantitative estimate of drug-likeness (QED) is 0.153. The molecule has 3 heteroatoms. The highest BCUT2D eigenvalue weighted by molar-refractivity contribution is 6.26. The Balaban J connectivity index is 0.960.